The second-order valence-corrected chi connectivity index (χ2v) is 4.89. The molecular weight excluding hydrogens is 244 g/mol. The first-order valence-electron chi connectivity index (χ1n) is 6.31. The van der Waals surface area contributed by atoms with Gasteiger partial charge in [0.15, 0.2) is 0 Å². The van der Waals surface area contributed by atoms with Crippen LogP contribution in [-0.4, -0.2) is 37.8 Å². The van der Waals surface area contributed by atoms with Crippen molar-refractivity contribution in [2.24, 2.45) is 0 Å². The van der Waals surface area contributed by atoms with Gasteiger partial charge in [-0.2, -0.15) is 5.10 Å². The Morgan fingerprint density at radius 1 is 1.53 bits per heavy atom. The quantitative estimate of drug-likeness (QED) is 0.842. The molecule has 0 aliphatic heterocycles. The number of hydrogen-bond donors (Lipinski definition) is 2. The Kier molecular flexibility index (Phi) is 3.80. The average Bonchev–Trinajstić information content (AvgIpc) is 2.80. The number of fused-ring (bicyclic) bond motifs is 1. The van der Waals surface area contributed by atoms with Crippen LogP contribution in [0.15, 0.2) is 24.8 Å². The number of hydrogen-bond acceptors (Lipinski definition) is 4. The fraction of sp³-hybridized carbons (Fsp3) is 0.462. The van der Waals surface area contributed by atoms with Crippen LogP contribution in [-0.2, 0) is 0 Å². The lowest BCUT2D eigenvalue weighted by Gasteiger charge is -2.22. The fourth-order valence-electron chi connectivity index (χ4n) is 2.00. The fourth-order valence-corrected chi connectivity index (χ4v) is 2.00. The van der Waals surface area contributed by atoms with Gasteiger partial charge in [-0.25, -0.2) is 4.52 Å². The minimum atomic E-state index is -0.883. The Balaban J connectivity index is 2.08. The van der Waals surface area contributed by atoms with Gasteiger partial charge in [0.05, 0.1) is 29.1 Å². The number of rotatable bonds is 5. The van der Waals surface area contributed by atoms with Crippen LogP contribution < -0.4 is 5.32 Å². The minimum absolute atomic E-state index is 0.220. The van der Waals surface area contributed by atoms with E-state index in [9.17, 15) is 9.90 Å². The maximum absolute atomic E-state index is 12.1. The highest BCUT2D eigenvalue weighted by molar-refractivity contribution is 6.00. The molecule has 0 saturated heterocycles. The monoisotopic (exact) mass is 262 g/mol. The number of amides is 1. The Hall–Kier alpha value is -1.95. The van der Waals surface area contributed by atoms with E-state index < -0.39 is 5.60 Å². The summed E-state index contributed by atoms with van der Waals surface area (Å²) in [7, 11) is 0. The summed E-state index contributed by atoms with van der Waals surface area (Å²) >= 11 is 0. The van der Waals surface area contributed by atoms with Crippen LogP contribution in [0.2, 0.25) is 0 Å². The third-order valence-electron chi connectivity index (χ3n) is 2.99. The zero-order valence-electron chi connectivity index (χ0n) is 11.1. The van der Waals surface area contributed by atoms with Crippen molar-refractivity contribution in [2.45, 2.75) is 32.3 Å². The average molecular weight is 262 g/mol. The molecule has 2 heterocycles. The number of aromatic nitrogens is 3. The van der Waals surface area contributed by atoms with Crippen LogP contribution in [0.5, 0.6) is 0 Å². The second kappa shape index (κ2) is 5.36. The maximum atomic E-state index is 12.1. The molecule has 102 valence electrons. The summed E-state index contributed by atoms with van der Waals surface area (Å²) in [4.78, 5) is 16.0. The van der Waals surface area contributed by atoms with E-state index in [0.717, 1.165) is 6.42 Å². The number of nitrogens with zero attached hydrogens (tertiary/aromatic N) is 3. The van der Waals surface area contributed by atoms with Crippen molar-refractivity contribution in [2.75, 3.05) is 6.54 Å². The lowest BCUT2D eigenvalue weighted by Crippen LogP contribution is -2.40. The van der Waals surface area contributed by atoms with Crippen molar-refractivity contribution in [1.29, 1.82) is 0 Å². The molecule has 0 bridgehead atoms. The lowest BCUT2D eigenvalue weighted by molar-refractivity contribution is 0.0470. The molecule has 1 amide bonds. The van der Waals surface area contributed by atoms with E-state index in [1.165, 1.54) is 6.20 Å². The van der Waals surface area contributed by atoms with Gasteiger partial charge in [-0.3, -0.25) is 9.78 Å². The Labute approximate surface area is 111 Å². The number of carbonyl (C=O) groups excluding carboxylic acids is 1. The predicted molar refractivity (Wildman–Crippen MR) is 70.9 cm³/mol. The van der Waals surface area contributed by atoms with E-state index in [0.29, 0.717) is 17.5 Å². The minimum Gasteiger partial charge on any atom is -0.388 e. The third kappa shape index (κ3) is 3.08. The summed E-state index contributed by atoms with van der Waals surface area (Å²) < 4.78 is 1.59. The van der Waals surface area contributed by atoms with Crippen LogP contribution in [0.25, 0.3) is 5.52 Å². The van der Waals surface area contributed by atoms with Gasteiger partial charge in [-0.1, -0.05) is 13.3 Å². The molecule has 2 rings (SSSR count). The maximum Gasteiger partial charge on any atom is 0.255 e. The van der Waals surface area contributed by atoms with Gasteiger partial charge >= 0.3 is 0 Å². The summed E-state index contributed by atoms with van der Waals surface area (Å²) in [5.74, 6) is -0.251. The first-order valence-corrected chi connectivity index (χ1v) is 6.31. The summed E-state index contributed by atoms with van der Waals surface area (Å²) in [6.07, 6.45) is 7.88. The Bertz CT molecular complexity index is 577. The molecule has 0 spiro atoms. The number of nitrogens with one attached hydrogen (secondary N) is 1. The van der Waals surface area contributed by atoms with E-state index >= 15 is 0 Å². The molecule has 6 heteroatoms. The molecule has 0 aliphatic rings. The van der Waals surface area contributed by atoms with Crippen molar-refractivity contribution in [1.82, 2.24) is 19.9 Å². The molecule has 1 atom stereocenters. The largest absolute Gasteiger partial charge is 0.388 e. The standard InChI is InChI=1S/C13H18N4O2/c1-3-4-13(2,19)9-15-12(18)10-7-16-17-6-5-14-8-11(10)17/h5-8,19H,3-4,9H2,1-2H3,(H,15,18). The van der Waals surface area contributed by atoms with E-state index in [4.69, 9.17) is 0 Å². The van der Waals surface area contributed by atoms with Gasteiger partial charge < -0.3 is 10.4 Å². The molecule has 19 heavy (non-hydrogen) atoms. The zero-order valence-corrected chi connectivity index (χ0v) is 11.1. The van der Waals surface area contributed by atoms with Crippen LogP contribution in [0.4, 0.5) is 0 Å². The van der Waals surface area contributed by atoms with Crippen molar-refractivity contribution in [3.63, 3.8) is 0 Å². The van der Waals surface area contributed by atoms with Crippen LogP contribution >= 0.6 is 0 Å². The smallest absolute Gasteiger partial charge is 0.255 e. The van der Waals surface area contributed by atoms with Gasteiger partial charge in [-0.15, -0.1) is 0 Å². The normalized spacial score (nSPS) is 14.3. The highest BCUT2D eigenvalue weighted by Crippen LogP contribution is 2.12. The molecule has 2 N–H and O–H groups in total. The predicted octanol–water partition coefficient (Wildman–Crippen LogP) is 1.01. The Morgan fingerprint density at radius 2 is 2.32 bits per heavy atom. The topological polar surface area (TPSA) is 79.5 Å². The lowest BCUT2D eigenvalue weighted by atomic mass is 10.0. The van der Waals surface area contributed by atoms with E-state index in [-0.39, 0.29) is 12.5 Å². The second-order valence-electron chi connectivity index (χ2n) is 4.89. The van der Waals surface area contributed by atoms with E-state index in [1.807, 2.05) is 6.92 Å². The van der Waals surface area contributed by atoms with Gasteiger partial charge in [0, 0.05) is 18.9 Å². The van der Waals surface area contributed by atoms with Gasteiger partial charge in [0.1, 0.15) is 0 Å². The van der Waals surface area contributed by atoms with Crippen molar-refractivity contribution in [3.8, 4) is 0 Å². The van der Waals surface area contributed by atoms with E-state index in [1.54, 1.807) is 30.0 Å². The third-order valence-corrected chi connectivity index (χ3v) is 2.99. The van der Waals surface area contributed by atoms with Gasteiger partial charge in [-0.05, 0) is 13.3 Å². The molecule has 0 fully saturated rings. The SMILES string of the molecule is CCCC(C)(O)CNC(=O)c1cnn2ccncc12. The van der Waals surface area contributed by atoms with Crippen LogP contribution in [0.3, 0.4) is 0 Å². The molecule has 0 saturated carbocycles. The van der Waals surface area contributed by atoms with Gasteiger partial charge in [0.25, 0.3) is 5.91 Å². The molecular formula is C13H18N4O2. The first kappa shape index (κ1) is 13.5. The molecule has 1 unspecified atom stereocenters. The molecule has 2 aromatic rings. The molecule has 0 aliphatic carbocycles. The summed E-state index contributed by atoms with van der Waals surface area (Å²) in [6, 6.07) is 0. The highest BCUT2D eigenvalue weighted by atomic mass is 16.3. The van der Waals surface area contributed by atoms with Crippen molar-refractivity contribution >= 4 is 11.4 Å². The van der Waals surface area contributed by atoms with Gasteiger partial charge in [0.2, 0.25) is 0 Å². The van der Waals surface area contributed by atoms with Crippen molar-refractivity contribution in [3.05, 3.63) is 30.4 Å². The van der Waals surface area contributed by atoms with Crippen LogP contribution in [0.1, 0.15) is 37.0 Å². The molecule has 0 aromatic carbocycles. The van der Waals surface area contributed by atoms with E-state index in [2.05, 4.69) is 15.4 Å². The number of carbonyl (C=O) groups is 1. The number of aliphatic hydroxyl groups is 1. The van der Waals surface area contributed by atoms with Crippen LogP contribution in [0, 0.1) is 0 Å². The highest BCUT2D eigenvalue weighted by Gasteiger charge is 2.21. The Morgan fingerprint density at radius 3 is 3.05 bits per heavy atom. The molecule has 2 aromatic heterocycles. The zero-order chi connectivity index (χ0) is 13.9. The molecule has 6 nitrogen and oxygen atoms in total. The molecule has 0 radical (unpaired) electrons. The van der Waals surface area contributed by atoms with Crippen molar-refractivity contribution < 1.29 is 9.90 Å². The first-order chi connectivity index (χ1) is 9.03. The summed E-state index contributed by atoms with van der Waals surface area (Å²) in [5, 5.41) is 16.8. The summed E-state index contributed by atoms with van der Waals surface area (Å²) in [5.41, 5.74) is 0.224. The summed E-state index contributed by atoms with van der Waals surface area (Å²) in [6.45, 7) is 3.93.